The smallest absolute Gasteiger partial charge is 0.297 e. The van der Waals surface area contributed by atoms with Gasteiger partial charge in [0.05, 0.1) is 21.6 Å². The maximum atomic E-state index is 12.8. The van der Waals surface area contributed by atoms with Gasteiger partial charge >= 0.3 is 0 Å². The maximum Gasteiger partial charge on any atom is 0.297 e. The van der Waals surface area contributed by atoms with Gasteiger partial charge in [0.2, 0.25) is 0 Å². The molecule has 0 saturated heterocycles. The molecule has 0 N–H and O–H groups in total. The molecule has 0 radical (unpaired) electrons. The van der Waals surface area contributed by atoms with Gasteiger partial charge in [0.15, 0.2) is 8.32 Å². The van der Waals surface area contributed by atoms with Crippen LogP contribution in [0.3, 0.4) is 0 Å². The zero-order valence-electron chi connectivity index (χ0n) is 22.4. The Morgan fingerprint density at radius 1 is 1.30 bits per heavy atom. The average molecular weight is 367 g/mol. The van der Waals surface area contributed by atoms with Gasteiger partial charge < -0.3 is 4.43 Å². The SMILES string of the molecule is [2H]C([2H])([2H])C([2H])([2H])[C@@]([2H])(OS(=O)(=O)c1ccc(C)cc1)C([2H])([2H])O[Si](C)(C)C(C)(C)C. The fraction of sp³-hybridized carbons (Fsp3) is 0.647. The third kappa shape index (κ3) is 5.71. The molecule has 0 aliphatic carbocycles. The van der Waals surface area contributed by atoms with Crippen molar-refractivity contribution < 1.29 is 28.0 Å². The Morgan fingerprint density at radius 2 is 1.87 bits per heavy atom. The van der Waals surface area contributed by atoms with E-state index in [-0.39, 0.29) is 0 Å². The van der Waals surface area contributed by atoms with Crippen LogP contribution in [-0.4, -0.2) is 29.4 Å². The lowest BCUT2D eigenvalue weighted by Crippen LogP contribution is -2.43. The lowest BCUT2D eigenvalue weighted by molar-refractivity contribution is 0.122. The van der Waals surface area contributed by atoms with E-state index in [1.807, 2.05) is 0 Å². The van der Waals surface area contributed by atoms with E-state index in [2.05, 4.69) is 0 Å². The Balaban J connectivity index is 3.69. The molecule has 0 fully saturated rings. The van der Waals surface area contributed by atoms with Gasteiger partial charge in [-0.2, -0.15) is 8.42 Å². The monoisotopic (exact) mass is 366 g/mol. The topological polar surface area (TPSA) is 52.6 Å². The number of rotatable bonds is 7. The first kappa shape index (κ1) is 11.0. The Morgan fingerprint density at radius 3 is 2.35 bits per heavy atom. The molecular weight excluding hydrogens is 328 g/mol. The molecule has 0 unspecified atom stereocenters. The third-order valence-electron chi connectivity index (χ3n) is 3.82. The van der Waals surface area contributed by atoms with Crippen molar-refractivity contribution in [3.05, 3.63) is 29.8 Å². The van der Waals surface area contributed by atoms with Gasteiger partial charge in [0.1, 0.15) is 0 Å². The van der Waals surface area contributed by atoms with Crippen LogP contribution in [0.25, 0.3) is 0 Å². The predicted octanol–water partition coefficient (Wildman–Crippen LogP) is 4.50. The van der Waals surface area contributed by atoms with Gasteiger partial charge in [-0.05, 0) is 43.6 Å². The number of hydrogen-bond acceptors (Lipinski definition) is 4. The first-order valence-electron chi connectivity index (χ1n) is 11.1. The van der Waals surface area contributed by atoms with E-state index in [4.69, 9.17) is 19.6 Å². The van der Waals surface area contributed by atoms with Crippen LogP contribution in [0.4, 0.5) is 0 Å². The second-order valence-electron chi connectivity index (χ2n) is 6.77. The minimum Gasteiger partial charge on any atom is -0.414 e. The highest BCUT2D eigenvalue weighted by atomic mass is 32.2. The largest absolute Gasteiger partial charge is 0.414 e. The number of benzene rings is 1. The summed E-state index contributed by atoms with van der Waals surface area (Å²) in [7, 11) is -8.00. The van der Waals surface area contributed by atoms with Crippen molar-refractivity contribution in [2.75, 3.05) is 6.56 Å². The Bertz CT molecular complexity index is 892. The van der Waals surface area contributed by atoms with Gasteiger partial charge in [0.25, 0.3) is 10.1 Å². The van der Waals surface area contributed by atoms with Crippen LogP contribution in [0.2, 0.25) is 18.1 Å². The molecule has 0 aliphatic rings. The molecule has 0 saturated carbocycles. The zero-order valence-corrected chi connectivity index (χ0v) is 16.2. The summed E-state index contributed by atoms with van der Waals surface area (Å²) < 4.78 is 99.8. The second kappa shape index (κ2) is 7.47. The normalized spacial score (nSPS) is 23.0. The fourth-order valence-electron chi connectivity index (χ4n) is 1.25. The van der Waals surface area contributed by atoms with Crippen molar-refractivity contribution in [1.29, 1.82) is 0 Å². The summed E-state index contributed by atoms with van der Waals surface area (Å²) in [4.78, 5) is -0.473. The highest BCUT2D eigenvalue weighted by molar-refractivity contribution is 7.86. The summed E-state index contributed by atoms with van der Waals surface area (Å²) >= 11 is 0. The van der Waals surface area contributed by atoms with Gasteiger partial charge in [-0.25, -0.2) is 0 Å². The molecule has 23 heavy (non-hydrogen) atoms. The van der Waals surface area contributed by atoms with Crippen molar-refractivity contribution in [2.45, 2.75) is 70.0 Å². The molecule has 0 heterocycles. The number of aryl methyl sites for hydroxylation is 1. The Kier molecular flexibility index (Phi) is 3.58. The zero-order chi connectivity index (χ0) is 24.9. The molecule has 1 rings (SSSR count). The predicted molar refractivity (Wildman–Crippen MR) is 96.7 cm³/mol. The Hall–Kier alpha value is -0.693. The molecule has 0 amide bonds. The minimum atomic E-state index is -4.93. The molecule has 1 aromatic carbocycles. The summed E-state index contributed by atoms with van der Waals surface area (Å²) in [5, 5.41) is -0.607. The summed E-state index contributed by atoms with van der Waals surface area (Å²) in [5.41, 5.74) is 0.713. The van der Waals surface area contributed by atoms with Crippen LogP contribution in [0.1, 0.15) is 50.5 Å². The molecule has 132 valence electrons. The van der Waals surface area contributed by atoms with Gasteiger partial charge in [-0.15, -0.1) is 0 Å². The van der Waals surface area contributed by atoms with Crippen molar-refractivity contribution in [1.82, 2.24) is 0 Å². The van der Waals surface area contributed by atoms with Crippen LogP contribution in [0.5, 0.6) is 0 Å². The van der Waals surface area contributed by atoms with Crippen molar-refractivity contribution in [3.63, 3.8) is 0 Å². The highest BCUT2D eigenvalue weighted by Crippen LogP contribution is 2.36. The molecule has 0 spiro atoms. The quantitative estimate of drug-likeness (QED) is 0.526. The summed E-state index contributed by atoms with van der Waals surface area (Å²) in [6.07, 6.45) is -7.55. The fourth-order valence-corrected chi connectivity index (χ4v) is 2.77. The van der Waals surface area contributed by atoms with Crippen LogP contribution >= 0.6 is 0 Å². The van der Waals surface area contributed by atoms with E-state index >= 15 is 0 Å². The average Bonchev–Trinajstić information content (AvgIpc) is 2.51. The van der Waals surface area contributed by atoms with Crippen LogP contribution < -0.4 is 0 Å². The van der Waals surface area contributed by atoms with Crippen LogP contribution in [-0.2, 0) is 18.7 Å². The van der Waals surface area contributed by atoms with Crippen LogP contribution in [0, 0.1) is 6.92 Å². The third-order valence-corrected chi connectivity index (χ3v) is 9.28. The molecule has 0 aromatic heterocycles. The standard InChI is InChI=1S/C17H30O4SSi/c1-8-15(13-20-23(6,7)17(3,4)5)21-22(18,19)16-11-9-14(2)10-12-16/h9-12,15H,8,13H2,1-7H3/t15-/m1/s1/i1D3,8D2,13D2,15D. The molecule has 1 aromatic rings. The molecule has 0 bridgehead atoms. The molecular formula is C17H30O4SSi. The molecule has 1 atom stereocenters. The molecule has 4 nitrogen and oxygen atoms in total. The van der Waals surface area contributed by atoms with Crippen molar-refractivity contribution in [3.8, 4) is 0 Å². The van der Waals surface area contributed by atoms with Gasteiger partial charge in [0, 0.05) is 6.85 Å². The van der Waals surface area contributed by atoms with E-state index in [1.54, 1.807) is 40.8 Å². The number of hydrogen-bond donors (Lipinski definition) is 0. The Labute approximate surface area is 153 Å². The van der Waals surface area contributed by atoms with E-state index in [0.717, 1.165) is 12.1 Å². The van der Waals surface area contributed by atoms with Gasteiger partial charge in [-0.3, -0.25) is 4.18 Å². The first-order valence-corrected chi connectivity index (χ1v) is 11.5. The van der Waals surface area contributed by atoms with E-state index in [0.29, 0.717) is 5.56 Å². The second-order valence-corrected chi connectivity index (χ2v) is 13.0. The van der Waals surface area contributed by atoms with E-state index in [1.165, 1.54) is 12.1 Å². The summed E-state index contributed by atoms with van der Waals surface area (Å²) in [6, 6.07) is 5.14. The van der Waals surface area contributed by atoms with E-state index < -0.39 is 54.2 Å². The molecule has 6 heteroatoms. The molecule has 0 aliphatic heterocycles. The van der Waals surface area contributed by atoms with Crippen molar-refractivity contribution in [2.24, 2.45) is 0 Å². The summed E-state index contributed by atoms with van der Waals surface area (Å²) in [6.45, 7) is 3.13. The maximum absolute atomic E-state index is 12.8. The lowest BCUT2D eigenvalue weighted by Gasteiger charge is -2.37. The lowest BCUT2D eigenvalue weighted by atomic mass is 10.2. The van der Waals surface area contributed by atoms with Crippen LogP contribution in [0.15, 0.2) is 29.2 Å². The van der Waals surface area contributed by atoms with Crippen molar-refractivity contribution >= 4 is 18.4 Å². The minimum absolute atomic E-state index is 0.473. The van der Waals surface area contributed by atoms with E-state index in [9.17, 15) is 8.42 Å². The first-order chi connectivity index (χ1) is 13.4. The summed E-state index contributed by atoms with van der Waals surface area (Å²) in [5.74, 6) is 0. The van der Waals surface area contributed by atoms with Gasteiger partial charge in [-0.1, -0.05) is 45.3 Å². The highest BCUT2D eigenvalue weighted by Gasteiger charge is 2.38.